The molecule has 3 rings (SSSR count). The van der Waals surface area contributed by atoms with Crippen LogP contribution in [0.5, 0.6) is 0 Å². The van der Waals surface area contributed by atoms with Gasteiger partial charge in [0.1, 0.15) is 0 Å². The molecule has 0 aromatic carbocycles. The number of amides is 1. The summed E-state index contributed by atoms with van der Waals surface area (Å²) in [7, 11) is 0. The average molecular weight is 281 g/mol. The Labute approximate surface area is 124 Å². The number of hydrogen-bond acceptors (Lipinski definition) is 3. The van der Waals surface area contributed by atoms with Crippen molar-refractivity contribution < 1.29 is 4.79 Å². The number of carbonyl (C=O) groups is 1. The molecular weight excluding hydrogens is 262 g/mol. The van der Waals surface area contributed by atoms with Crippen molar-refractivity contribution in [3.8, 4) is 0 Å². The zero-order chi connectivity index (χ0) is 14.7. The fourth-order valence-corrected chi connectivity index (χ4v) is 2.77. The molecular formula is C17H19N3O. The van der Waals surface area contributed by atoms with E-state index in [4.69, 9.17) is 0 Å². The van der Waals surface area contributed by atoms with E-state index in [1.807, 2.05) is 36.2 Å². The number of aromatic nitrogens is 2. The topological polar surface area (TPSA) is 46.1 Å². The lowest BCUT2D eigenvalue weighted by molar-refractivity contribution is -0.120. The number of rotatable bonds is 4. The third kappa shape index (κ3) is 3.10. The summed E-state index contributed by atoms with van der Waals surface area (Å²) < 4.78 is 0. The molecule has 0 bridgehead atoms. The number of carbonyl (C=O) groups excluding carboxylic acids is 1. The highest BCUT2D eigenvalue weighted by Gasteiger charge is 2.32. The van der Waals surface area contributed by atoms with Gasteiger partial charge >= 0.3 is 0 Å². The zero-order valence-corrected chi connectivity index (χ0v) is 12.2. The van der Waals surface area contributed by atoms with Crippen molar-refractivity contribution in [2.45, 2.75) is 26.2 Å². The average Bonchev–Trinajstić information content (AvgIpc) is 2.88. The third-order valence-corrected chi connectivity index (χ3v) is 4.03. The fourth-order valence-electron chi connectivity index (χ4n) is 2.77. The SMILES string of the molecule is Cc1ccc(N2CCC(CCc3cccnc3)C2=O)cn1. The minimum atomic E-state index is 0.117. The molecule has 1 fully saturated rings. The lowest BCUT2D eigenvalue weighted by Gasteiger charge is -2.16. The molecule has 108 valence electrons. The van der Waals surface area contributed by atoms with Crippen molar-refractivity contribution in [3.63, 3.8) is 0 Å². The van der Waals surface area contributed by atoms with E-state index in [1.54, 1.807) is 12.4 Å². The maximum Gasteiger partial charge on any atom is 0.230 e. The Balaban J connectivity index is 1.62. The second-order valence-electron chi connectivity index (χ2n) is 5.53. The van der Waals surface area contributed by atoms with Crippen LogP contribution in [0.3, 0.4) is 0 Å². The van der Waals surface area contributed by atoms with Crippen LogP contribution in [-0.4, -0.2) is 22.4 Å². The summed E-state index contributed by atoms with van der Waals surface area (Å²) >= 11 is 0. The molecule has 1 aliphatic rings. The van der Waals surface area contributed by atoms with Gasteiger partial charge in [0.2, 0.25) is 5.91 Å². The molecule has 1 aliphatic heterocycles. The van der Waals surface area contributed by atoms with Gasteiger partial charge in [0.25, 0.3) is 0 Å². The first kappa shape index (κ1) is 13.7. The predicted octanol–water partition coefficient (Wildman–Crippen LogP) is 2.77. The summed E-state index contributed by atoms with van der Waals surface area (Å²) in [4.78, 5) is 22.7. The first-order valence-corrected chi connectivity index (χ1v) is 7.37. The molecule has 1 amide bonds. The second kappa shape index (κ2) is 6.04. The molecule has 0 aliphatic carbocycles. The number of pyridine rings is 2. The normalized spacial score (nSPS) is 18.2. The van der Waals surface area contributed by atoms with Crippen LogP contribution in [0, 0.1) is 12.8 Å². The van der Waals surface area contributed by atoms with Gasteiger partial charge in [0.15, 0.2) is 0 Å². The predicted molar refractivity (Wildman–Crippen MR) is 82.0 cm³/mol. The number of aryl methyl sites for hydroxylation is 2. The highest BCUT2D eigenvalue weighted by Crippen LogP contribution is 2.27. The second-order valence-corrected chi connectivity index (χ2v) is 5.53. The van der Waals surface area contributed by atoms with Crippen LogP contribution >= 0.6 is 0 Å². The van der Waals surface area contributed by atoms with Crippen LogP contribution in [0.2, 0.25) is 0 Å². The van der Waals surface area contributed by atoms with Gasteiger partial charge in [0.05, 0.1) is 11.9 Å². The van der Waals surface area contributed by atoms with Crippen molar-refractivity contribution >= 4 is 11.6 Å². The highest BCUT2D eigenvalue weighted by atomic mass is 16.2. The van der Waals surface area contributed by atoms with Crippen LogP contribution < -0.4 is 4.90 Å². The Bertz CT molecular complexity index is 610. The molecule has 0 N–H and O–H groups in total. The Hall–Kier alpha value is -2.23. The lowest BCUT2D eigenvalue weighted by atomic mass is 9.99. The van der Waals surface area contributed by atoms with E-state index in [9.17, 15) is 4.79 Å². The lowest BCUT2D eigenvalue weighted by Crippen LogP contribution is -2.27. The van der Waals surface area contributed by atoms with E-state index in [0.717, 1.165) is 37.2 Å². The van der Waals surface area contributed by atoms with Gasteiger partial charge in [-0.3, -0.25) is 14.8 Å². The highest BCUT2D eigenvalue weighted by molar-refractivity contribution is 5.96. The van der Waals surface area contributed by atoms with E-state index >= 15 is 0 Å². The summed E-state index contributed by atoms with van der Waals surface area (Å²) in [5, 5.41) is 0. The molecule has 4 heteroatoms. The number of hydrogen-bond donors (Lipinski definition) is 0. The first-order chi connectivity index (χ1) is 10.2. The number of nitrogens with zero attached hydrogens (tertiary/aromatic N) is 3. The summed E-state index contributed by atoms with van der Waals surface area (Å²) in [5.41, 5.74) is 3.08. The van der Waals surface area contributed by atoms with Crippen LogP contribution in [0.25, 0.3) is 0 Å². The Kier molecular flexibility index (Phi) is 3.95. The van der Waals surface area contributed by atoms with Crippen molar-refractivity contribution in [2.24, 2.45) is 5.92 Å². The Morgan fingerprint density at radius 1 is 1.29 bits per heavy atom. The van der Waals surface area contributed by atoms with Gasteiger partial charge < -0.3 is 4.90 Å². The summed E-state index contributed by atoms with van der Waals surface area (Å²) in [6.07, 6.45) is 8.16. The van der Waals surface area contributed by atoms with Crippen molar-refractivity contribution in [1.29, 1.82) is 0 Å². The van der Waals surface area contributed by atoms with E-state index in [2.05, 4.69) is 16.0 Å². The van der Waals surface area contributed by atoms with Crippen molar-refractivity contribution in [3.05, 3.63) is 54.1 Å². The van der Waals surface area contributed by atoms with E-state index in [1.165, 1.54) is 5.56 Å². The molecule has 2 aromatic rings. The molecule has 4 nitrogen and oxygen atoms in total. The first-order valence-electron chi connectivity index (χ1n) is 7.37. The van der Waals surface area contributed by atoms with Gasteiger partial charge in [-0.2, -0.15) is 0 Å². The molecule has 0 radical (unpaired) electrons. The maximum absolute atomic E-state index is 12.5. The third-order valence-electron chi connectivity index (χ3n) is 4.03. The standard InChI is InChI=1S/C17H19N3O/c1-13-4-7-16(12-19-13)20-10-8-15(17(20)21)6-5-14-3-2-9-18-11-14/h2-4,7,9,11-12,15H,5-6,8,10H2,1H3. The van der Waals surface area contributed by atoms with E-state index < -0.39 is 0 Å². The largest absolute Gasteiger partial charge is 0.311 e. The Morgan fingerprint density at radius 3 is 2.90 bits per heavy atom. The molecule has 1 unspecified atom stereocenters. The van der Waals surface area contributed by atoms with Gasteiger partial charge in [-0.15, -0.1) is 0 Å². The van der Waals surface area contributed by atoms with Gasteiger partial charge in [0, 0.05) is 30.6 Å². The van der Waals surface area contributed by atoms with Gasteiger partial charge in [-0.05, 0) is 49.9 Å². The summed E-state index contributed by atoms with van der Waals surface area (Å²) in [6.45, 7) is 2.74. The van der Waals surface area contributed by atoms with Crippen LogP contribution in [0.15, 0.2) is 42.9 Å². The fraction of sp³-hybridized carbons (Fsp3) is 0.353. The van der Waals surface area contributed by atoms with Crippen molar-refractivity contribution in [1.82, 2.24) is 9.97 Å². The van der Waals surface area contributed by atoms with Crippen LogP contribution in [0.4, 0.5) is 5.69 Å². The van der Waals surface area contributed by atoms with E-state index in [0.29, 0.717) is 0 Å². The molecule has 1 saturated heterocycles. The van der Waals surface area contributed by atoms with Gasteiger partial charge in [-0.1, -0.05) is 6.07 Å². The van der Waals surface area contributed by atoms with Crippen molar-refractivity contribution in [2.75, 3.05) is 11.4 Å². The van der Waals surface area contributed by atoms with E-state index in [-0.39, 0.29) is 11.8 Å². The summed E-state index contributed by atoms with van der Waals surface area (Å²) in [6, 6.07) is 7.93. The molecule has 3 heterocycles. The maximum atomic E-state index is 12.5. The summed E-state index contributed by atoms with van der Waals surface area (Å²) in [5.74, 6) is 0.344. The zero-order valence-electron chi connectivity index (χ0n) is 12.2. The van der Waals surface area contributed by atoms with Gasteiger partial charge in [-0.25, -0.2) is 0 Å². The quantitative estimate of drug-likeness (QED) is 0.865. The molecule has 0 spiro atoms. The monoisotopic (exact) mass is 281 g/mol. The smallest absolute Gasteiger partial charge is 0.230 e. The molecule has 1 atom stereocenters. The molecule has 0 saturated carbocycles. The molecule has 2 aromatic heterocycles. The van der Waals surface area contributed by atoms with Crippen LogP contribution in [-0.2, 0) is 11.2 Å². The Morgan fingerprint density at radius 2 is 2.19 bits per heavy atom. The number of anilines is 1. The molecule has 21 heavy (non-hydrogen) atoms. The minimum Gasteiger partial charge on any atom is -0.311 e. The minimum absolute atomic E-state index is 0.117. The van der Waals surface area contributed by atoms with Crippen LogP contribution in [0.1, 0.15) is 24.1 Å².